The van der Waals surface area contributed by atoms with Gasteiger partial charge in [-0.1, -0.05) is 12.1 Å². The molecule has 0 atom stereocenters. The fraction of sp³-hybridized carbons (Fsp3) is 0.105. The second kappa shape index (κ2) is 8.69. The van der Waals surface area contributed by atoms with E-state index in [4.69, 9.17) is 10.00 Å². The lowest BCUT2D eigenvalue weighted by Gasteiger charge is -2.07. The van der Waals surface area contributed by atoms with Crippen LogP contribution < -0.4 is 5.32 Å². The van der Waals surface area contributed by atoms with Gasteiger partial charge in [-0.3, -0.25) is 14.6 Å². The normalized spacial score (nSPS) is 10.0. The number of benzene rings is 1. The molecule has 0 spiro atoms. The number of rotatable bonds is 6. The van der Waals surface area contributed by atoms with Crippen molar-refractivity contribution in [2.75, 3.05) is 11.9 Å². The lowest BCUT2D eigenvalue weighted by atomic mass is 10.2. The van der Waals surface area contributed by atoms with E-state index in [1.807, 2.05) is 18.2 Å². The van der Waals surface area contributed by atoms with Gasteiger partial charge in [-0.25, -0.2) is 4.98 Å². The van der Waals surface area contributed by atoms with Crippen molar-refractivity contribution in [3.8, 4) is 16.6 Å². The molecule has 27 heavy (non-hydrogen) atoms. The molecule has 0 aliphatic rings. The zero-order valence-electron chi connectivity index (χ0n) is 14.1. The molecule has 3 rings (SSSR count). The summed E-state index contributed by atoms with van der Waals surface area (Å²) in [7, 11) is 0. The summed E-state index contributed by atoms with van der Waals surface area (Å²) in [4.78, 5) is 32.3. The van der Waals surface area contributed by atoms with Crippen LogP contribution in [0.5, 0.6) is 0 Å². The summed E-state index contributed by atoms with van der Waals surface area (Å²) in [6.07, 6.45) is 3.35. The molecule has 0 bridgehead atoms. The van der Waals surface area contributed by atoms with E-state index in [0.29, 0.717) is 16.9 Å². The molecule has 7 nitrogen and oxygen atoms in total. The Labute approximate surface area is 159 Å². The van der Waals surface area contributed by atoms with E-state index in [2.05, 4.69) is 15.3 Å². The summed E-state index contributed by atoms with van der Waals surface area (Å²) >= 11 is 1.41. The summed E-state index contributed by atoms with van der Waals surface area (Å²) in [6.45, 7) is -0.432. The van der Waals surface area contributed by atoms with Gasteiger partial charge in [0.2, 0.25) is 0 Å². The van der Waals surface area contributed by atoms with E-state index in [0.717, 1.165) is 10.6 Å². The van der Waals surface area contributed by atoms with Crippen LogP contribution >= 0.6 is 11.3 Å². The van der Waals surface area contributed by atoms with Gasteiger partial charge in [-0.15, -0.1) is 11.3 Å². The molecule has 3 aromatic rings. The molecule has 0 fully saturated rings. The van der Waals surface area contributed by atoms with Gasteiger partial charge < -0.3 is 10.1 Å². The maximum atomic E-state index is 11.9. The first-order chi connectivity index (χ1) is 13.2. The zero-order chi connectivity index (χ0) is 19.1. The van der Waals surface area contributed by atoms with Crippen LogP contribution in [0.25, 0.3) is 10.6 Å². The zero-order valence-corrected chi connectivity index (χ0v) is 14.9. The molecule has 0 aliphatic carbocycles. The van der Waals surface area contributed by atoms with Crippen LogP contribution in [0.2, 0.25) is 0 Å². The SMILES string of the molecule is N#Cc1ccccc1NC(=O)COC(=O)Cc1csc(-c2cccnc2)n1. The van der Waals surface area contributed by atoms with Gasteiger partial charge in [0.05, 0.1) is 23.4 Å². The van der Waals surface area contributed by atoms with Gasteiger partial charge in [-0.05, 0) is 24.3 Å². The number of nitrogens with one attached hydrogen (secondary N) is 1. The van der Waals surface area contributed by atoms with Gasteiger partial charge in [0.25, 0.3) is 5.91 Å². The molecule has 1 amide bonds. The monoisotopic (exact) mass is 378 g/mol. The number of nitrogens with zero attached hydrogens (tertiary/aromatic N) is 3. The highest BCUT2D eigenvalue weighted by Crippen LogP contribution is 2.22. The minimum Gasteiger partial charge on any atom is -0.455 e. The fourth-order valence-electron chi connectivity index (χ4n) is 2.23. The topological polar surface area (TPSA) is 105 Å². The number of carbonyl (C=O) groups is 2. The first-order valence-electron chi connectivity index (χ1n) is 7.95. The maximum absolute atomic E-state index is 11.9. The molecule has 1 aromatic carbocycles. The quantitative estimate of drug-likeness (QED) is 0.661. The number of thiazole rings is 1. The Bertz CT molecular complexity index is 995. The number of amides is 1. The standard InChI is InChI=1S/C19H14N4O3S/c20-9-13-4-1-2-6-16(13)23-17(24)11-26-18(25)8-15-12-27-19(22-15)14-5-3-7-21-10-14/h1-7,10,12H,8,11H2,(H,23,24). The molecule has 2 heterocycles. The van der Waals surface area contributed by atoms with Gasteiger partial charge >= 0.3 is 5.97 Å². The molecular weight excluding hydrogens is 364 g/mol. The number of hydrogen-bond donors (Lipinski definition) is 1. The average molecular weight is 378 g/mol. The predicted octanol–water partition coefficient (Wildman–Crippen LogP) is 2.80. The van der Waals surface area contributed by atoms with E-state index in [1.54, 1.807) is 42.0 Å². The van der Waals surface area contributed by atoms with Crippen molar-refractivity contribution in [2.45, 2.75) is 6.42 Å². The van der Waals surface area contributed by atoms with Crippen LogP contribution in [0.4, 0.5) is 5.69 Å². The van der Waals surface area contributed by atoms with Crippen molar-refractivity contribution >= 4 is 28.9 Å². The number of nitriles is 1. The van der Waals surface area contributed by atoms with Crippen molar-refractivity contribution < 1.29 is 14.3 Å². The Morgan fingerprint density at radius 2 is 2.07 bits per heavy atom. The summed E-state index contributed by atoms with van der Waals surface area (Å²) in [5.74, 6) is -1.07. The Morgan fingerprint density at radius 3 is 2.85 bits per heavy atom. The molecule has 0 saturated heterocycles. The maximum Gasteiger partial charge on any atom is 0.312 e. The largest absolute Gasteiger partial charge is 0.455 e. The highest BCUT2D eigenvalue weighted by Gasteiger charge is 2.13. The smallest absolute Gasteiger partial charge is 0.312 e. The summed E-state index contributed by atoms with van der Waals surface area (Å²) < 4.78 is 4.99. The van der Waals surface area contributed by atoms with E-state index >= 15 is 0 Å². The number of hydrogen-bond acceptors (Lipinski definition) is 7. The molecule has 0 radical (unpaired) electrons. The number of ether oxygens (including phenoxy) is 1. The van der Waals surface area contributed by atoms with Crippen LogP contribution in [0.3, 0.4) is 0 Å². The summed E-state index contributed by atoms with van der Waals surface area (Å²) in [5.41, 5.74) is 2.15. The van der Waals surface area contributed by atoms with Gasteiger partial charge in [-0.2, -0.15) is 5.26 Å². The van der Waals surface area contributed by atoms with Crippen molar-refractivity contribution in [3.63, 3.8) is 0 Å². The number of para-hydroxylation sites is 1. The molecule has 1 N–H and O–H groups in total. The molecule has 2 aromatic heterocycles. The highest BCUT2D eigenvalue weighted by molar-refractivity contribution is 7.13. The third-order valence-electron chi connectivity index (χ3n) is 3.47. The van der Waals surface area contributed by atoms with Crippen LogP contribution in [0.1, 0.15) is 11.3 Å². The summed E-state index contributed by atoms with van der Waals surface area (Å²) in [5, 5.41) is 14.1. The Morgan fingerprint density at radius 1 is 1.22 bits per heavy atom. The van der Waals surface area contributed by atoms with E-state index in [-0.39, 0.29) is 6.42 Å². The number of anilines is 1. The number of pyridine rings is 1. The minimum absolute atomic E-state index is 0.0289. The van der Waals surface area contributed by atoms with Crippen LogP contribution in [-0.4, -0.2) is 28.5 Å². The third kappa shape index (κ3) is 4.96. The first kappa shape index (κ1) is 18.2. The molecule has 0 saturated carbocycles. The molecule has 0 aliphatic heterocycles. The third-order valence-corrected chi connectivity index (χ3v) is 4.41. The molecule has 134 valence electrons. The Balaban J connectivity index is 1.51. The number of carbonyl (C=O) groups excluding carboxylic acids is 2. The van der Waals surface area contributed by atoms with Crippen LogP contribution in [0.15, 0.2) is 54.2 Å². The van der Waals surface area contributed by atoms with Crippen molar-refractivity contribution in [1.82, 2.24) is 9.97 Å². The number of esters is 1. The fourth-order valence-corrected chi connectivity index (χ4v) is 3.04. The van der Waals surface area contributed by atoms with Crippen molar-refractivity contribution in [2.24, 2.45) is 0 Å². The Hall–Kier alpha value is -3.57. The minimum atomic E-state index is -0.554. The molecule has 8 heteroatoms. The van der Waals surface area contributed by atoms with E-state index in [1.165, 1.54) is 11.3 Å². The van der Waals surface area contributed by atoms with Crippen LogP contribution in [0, 0.1) is 11.3 Å². The number of aromatic nitrogens is 2. The first-order valence-corrected chi connectivity index (χ1v) is 8.83. The lowest BCUT2D eigenvalue weighted by molar-refractivity contribution is -0.146. The average Bonchev–Trinajstić information content (AvgIpc) is 3.16. The molecular formula is C19H14N4O3S. The highest BCUT2D eigenvalue weighted by atomic mass is 32.1. The van der Waals surface area contributed by atoms with Gasteiger partial charge in [0.15, 0.2) is 6.61 Å². The van der Waals surface area contributed by atoms with Crippen molar-refractivity contribution in [3.05, 3.63) is 65.4 Å². The van der Waals surface area contributed by atoms with Gasteiger partial charge in [0.1, 0.15) is 11.1 Å². The predicted molar refractivity (Wildman–Crippen MR) is 99.8 cm³/mol. The van der Waals surface area contributed by atoms with Crippen LogP contribution in [-0.2, 0) is 20.7 Å². The second-order valence-electron chi connectivity index (χ2n) is 5.43. The second-order valence-corrected chi connectivity index (χ2v) is 6.29. The van der Waals surface area contributed by atoms with E-state index < -0.39 is 18.5 Å². The molecule has 0 unspecified atom stereocenters. The van der Waals surface area contributed by atoms with Gasteiger partial charge in [0, 0.05) is 23.3 Å². The summed E-state index contributed by atoms with van der Waals surface area (Å²) in [6, 6.07) is 12.3. The lowest BCUT2D eigenvalue weighted by Crippen LogP contribution is -2.22. The Kier molecular flexibility index (Phi) is 5.87. The van der Waals surface area contributed by atoms with Crippen molar-refractivity contribution in [1.29, 1.82) is 5.26 Å². The van der Waals surface area contributed by atoms with E-state index in [9.17, 15) is 9.59 Å².